The number of ether oxygens (including phenoxy) is 1. The van der Waals surface area contributed by atoms with Crippen LogP contribution >= 0.6 is 11.8 Å². The van der Waals surface area contributed by atoms with E-state index in [1.165, 1.54) is 18.9 Å². The Bertz CT molecular complexity index is 923. The van der Waals surface area contributed by atoms with E-state index < -0.39 is 0 Å². The second-order valence-corrected chi connectivity index (χ2v) is 6.95. The zero-order valence-corrected chi connectivity index (χ0v) is 16.2. The number of aromatic nitrogens is 1. The number of hydrogen-bond donors (Lipinski definition) is 1. The van der Waals surface area contributed by atoms with Crippen LogP contribution < -0.4 is 5.32 Å². The van der Waals surface area contributed by atoms with E-state index in [0.717, 1.165) is 16.8 Å². The number of carbonyl (C=O) groups is 2. The maximum absolute atomic E-state index is 12.0. The third-order valence-corrected chi connectivity index (χ3v) is 4.89. The van der Waals surface area contributed by atoms with E-state index in [9.17, 15) is 9.59 Å². The molecule has 0 aliphatic rings. The van der Waals surface area contributed by atoms with Gasteiger partial charge < -0.3 is 14.5 Å². The molecule has 144 valence electrons. The van der Waals surface area contributed by atoms with Crippen molar-refractivity contribution in [1.29, 1.82) is 0 Å². The molecule has 0 radical (unpaired) electrons. The van der Waals surface area contributed by atoms with Crippen LogP contribution in [0.2, 0.25) is 0 Å². The average Bonchev–Trinajstić information content (AvgIpc) is 3.21. The van der Waals surface area contributed by atoms with Gasteiger partial charge in [-0.1, -0.05) is 30.3 Å². The Morgan fingerprint density at radius 1 is 1.11 bits per heavy atom. The normalized spacial score (nSPS) is 10.5. The molecule has 0 saturated heterocycles. The Kier molecular flexibility index (Phi) is 6.86. The summed E-state index contributed by atoms with van der Waals surface area (Å²) in [4.78, 5) is 27.8. The van der Waals surface area contributed by atoms with Gasteiger partial charge in [-0.15, -0.1) is 11.8 Å². The van der Waals surface area contributed by atoms with Crippen molar-refractivity contribution >= 4 is 23.6 Å². The van der Waals surface area contributed by atoms with Gasteiger partial charge >= 0.3 is 5.97 Å². The molecule has 3 aromatic rings. The molecule has 0 unspecified atom stereocenters. The number of esters is 1. The van der Waals surface area contributed by atoms with E-state index in [1.54, 1.807) is 30.5 Å². The first kappa shape index (κ1) is 19.7. The van der Waals surface area contributed by atoms with Crippen LogP contribution in [0.1, 0.15) is 21.6 Å². The van der Waals surface area contributed by atoms with Crippen LogP contribution in [-0.4, -0.2) is 29.7 Å². The highest BCUT2D eigenvalue weighted by Crippen LogP contribution is 2.20. The summed E-state index contributed by atoms with van der Waals surface area (Å²) in [5, 5.41) is 2.86. The topological polar surface area (TPSA) is 81.4 Å². The molecule has 0 fully saturated rings. The van der Waals surface area contributed by atoms with Crippen molar-refractivity contribution in [3.8, 4) is 11.5 Å². The second-order valence-electron chi connectivity index (χ2n) is 5.97. The van der Waals surface area contributed by atoms with Gasteiger partial charge in [0.15, 0.2) is 0 Å². The molecule has 0 aliphatic carbocycles. The predicted molar refractivity (Wildman–Crippen MR) is 108 cm³/mol. The fourth-order valence-corrected chi connectivity index (χ4v) is 3.19. The minimum absolute atomic E-state index is 0.0613. The van der Waals surface area contributed by atoms with E-state index in [4.69, 9.17) is 4.42 Å². The van der Waals surface area contributed by atoms with E-state index in [-0.39, 0.29) is 11.9 Å². The van der Waals surface area contributed by atoms with E-state index in [1.807, 2.05) is 30.3 Å². The van der Waals surface area contributed by atoms with Crippen LogP contribution in [0.5, 0.6) is 0 Å². The smallest absolute Gasteiger partial charge is 0.337 e. The van der Waals surface area contributed by atoms with Crippen LogP contribution in [0.15, 0.2) is 65.3 Å². The molecular formula is C21H20N2O4S. The van der Waals surface area contributed by atoms with Crippen LogP contribution in [-0.2, 0) is 21.8 Å². The molecule has 0 spiro atoms. The largest absolute Gasteiger partial charge is 0.465 e. The van der Waals surface area contributed by atoms with Crippen molar-refractivity contribution in [1.82, 2.24) is 10.3 Å². The number of thioether (sulfide) groups is 1. The molecule has 0 bridgehead atoms. The lowest BCUT2D eigenvalue weighted by molar-refractivity contribution is -0.118. The molecule has 1 amide bonds. The summed E-state index contributed by atoms with van der Waals surface area (Å²) in [6, 6.07) is 16.6. The van der Waals surface area contributed by atoms with E-state index >= 15 is 0 Å². The molecule has 1 heterocycles. The Labute approximate surface area is 167 Å². The molecule has 6 nitrogen and oxygen atoms in total. The van der Waals surface area contributed by atoms with Crippen molar-refractivity contribution in [2.24, 2.45) is 0 Å². The second kappa shape index (κ2) is 9.75. The van der Waals surface area contributed by atoms with Crippen molar-refractivity contribution < 1.29 is 18.7 Å². The fourth-order valence-electron chi connectivity index (χ4n) is 2.46. The number of rotatable bonds is 8. The number of nitrogens with zero attached hydrogens (tertiary/aromatic N) is 1. The number of benzene rings is 2. The summed E-state index contributed by atoms with van der Waals surface area (Å²) >= 11 is 1.47. The minimum Gasteiger partial charge on any atom is -0.465 e. The van der Waals surface area contributed by atoms with Crippen molar-refractivity contribution in [3.63, 3.8) is 0 Å². The molecule has 0 aliphatic heterocycles. The molecule has 0 saturated carbocycles. The standard InChI is InChI=1S/C21H20N2O4S/c1-26-21(25)17-9-7-15(8-10-17)11-22-19(24)14-28-13-18-12-27-20(23-18)16-5-3-2-4-6-16/h2-10,12H,11,13-14H2,1H3,(H,22,24). The van der Waals surface area contributed by atoms with Gasteiger partial charge in [0.25, 0.3) is 0 Å². The lowest BCUT2D eigenvalue weighted by Gasteiger charge is -2.06. The van der Waals surface area contributed by atoms with Crippen LogP contribution in [0.25, 0.3) is 11.5 Å². The number of hydrogen-bond acceptors (Lipinski definition) is 6. The summed E-state index contributed by atoms with van der Waals surface area (Å²) in [7, 11) is 1.34. The summed E-state index contributed by atoms with van der Waals surface area (Å²) < 4.78 is 10.1. The first-order valence-electron chi connectivity index (χ1n) is 8.67. The van der Waals surface area contributed by atoms with Gasteiger partial charge in [0.2, 0.25) is 11.8 Å². The maximum atomic E-state index is 12.0. The Morgan fingerprint density at radius 2 is 1.86 bits per heavy atom. The molecule has 3 rings (SSSR count). The first-order valence-corrected chi connectivity index (χ1v) is 9.82. The number of oxazole rings is 1. The molecule has 7 heteroatoms. The monoisotopic (exact) mass is 396 g/mol. The molecule has 0 atom stereocenters. The van der Waals surface area contributed by atoms with Gasteiger partial charge in [-0.05, 0) is 29.8 Å². The average molecular weight is 396 g/mol. The molecule has 28 heavy (non-hydrogen) atoms. The van der Waals surface area contributed by atoms with Gasteiger partial charge in [-0.2, -0.15) is 0 Å². The van der Waals surface area contributed by atoms with Gasteiger partial charge in [0.1, 0.15) is 6.26 Å². The highest BCUT2D eigenvalue weighted by molar-refractivity contribution is 7.99. The number of nitrogens with one attached hydrogen (secondary N) is 1. The zero-order chi connectivity index (χ0) is 19.8. The van der Waals surface area contributed by atoms with Gasteiger partial charge in [-0.25, -0.2) is 9.78 Å². The van der Waals surface area contributed by atoms with Gasteiger partial charge in [0, 0.05) is 17.9 Å². The Morgan fingerprint density at radius 3 is 2.57 bits per heavy atom. The minimum atomic E-state index is -0.379. The molecule has 1 aromatic heterocycles. The Hall–Kier alpha value is -3.06. The lowest BCUT2D eigenvalue weighted by Crippen LogP contribution is -2.24. The fraction of sp³-hybridized carbons (Fsp3) is 0.190. The first-order chi connectivity index (χ1) is 13.7. The highest BCUT2D eigenvalue weighted by atomic mass is 32.2. The molecule has 1 N–H and O–H groups in total. The zero-order valence-electron chi connectivity index (χ0n) is 15.4. The third-order valence-electron chi connectivity index (χ3n) is 3.92. The quantitative estimate of drug-likeness (QED) is 0.585. The van der Waals surface area contributed by atoms with Gasteiger partial charge in [-0.3, -0.25) is 4.79 Å². The number of amides is 1. The van der Waals surface area contributed by atoms with E-state index in [0.29, 0.717) is 29.5 Å². The number of methoxy groups -OCH3 is 1. The SMILES string of the molecule is COC(=O)c1ccc(CNC(=O)CSCc2coc(-c3ccccc3)n2)cc1. The van der Waals surface area contributed by atoms with Gasteiger partial charge in [0.05, 0.1) is 24.1 Å². The summed E-state index contributed by atoms with van der Waals surface area (Å²) in [5.74, 6) is 1.06. The van der Waals surface area contributed by atoms with Crippen LogP contribution in [0, 0.1) is 0 Å². The summed E-state index contributed by atoms with van der Waals surface area (Å²) in [5.41, 5.74) is 3.12. The van der Waals surface area contributed by atoms with E-state index in [2.05, 4.69) is 15.0 Å². The third kappa shape index (κ3) is 5.47. The maximum Gasteiger partial charge on any atom is 0.337 e. The summed E-state index contributed by atoms with van der Waals surface area (Å²) in [6.45, 7) is 0.406. The highest BCUT2D eigenvalue weighted by Gasteiger charge is 2.08. The van der Waals surface area contributed by atoms with Crippen LogP contribution in [0.3, 0.4) is 0 Å². The predicted octanol–water partition coefficient (Wildman–Crippen LogP) is 3.68. The van der Waals surface area contributed by atoms with Crippen molar-refractivity contribution in [2.45, 2.75) is 12.3 Å². The van der Waals surface area contributed by atoms with Crippen molar-refractivity contribution in [2.75, 3.05) is 12.9 Å². The summed E-state index contributed by atoms with van der Waals surface area (Å²) in [6.07, 6.45) is 1.62. The Balaban J connectivity index is 1.40. The number of carbonyl (C=O) groups excluding carboxylic acids is 2. The molecule has 2 aromatic carbocycles. The molecular weight excluding hydrogens is 376 g/mol. The van der Waals surface area contributed by atoms with Crippen molar-refractivity contribution in [3.05, 3.63) is 77.7 Å². The lowest BCUT2D eigenvalue weighted by atomic mass is 10.1. The van der Waals surface area contributed by atoms with Crippen LogP contribution in [0.4, 0.5) is 0 Å².